The number of likely N-dealkylation sites (tertiary alicyclic amines) is 1. The second-order valence-corrected chi connectivity index (χ2v) is 4.85. The van der Waals surface area contributed by atoms with E-state index >= 15 is 0 Å². The third-order valence-corrected chi connectivity index (χ3v) is 3.38. The van der Waals surface area contributed by atoms with E-state index in [4.69, 9.17) is 5.26 Å². The summed E-state index contributed by atoms with van der Waals surface area (Å²) in [7, 11) is 0. The Morgan fingerprint density at radius 1 is 1.39 bits per heavy atom. The maximum Gasteiger partial charge on any atom is 0.158 e. The summed E-state index contributed by atoms with van der Waals surface area (Å²) in [4.78, 5) is 10.6. The van der Waals surface area contributed by atoms with Gasteiger partial charge in [-0.25, -0.2) is 9.97 Å². The number of hydrogen-bond donors (Lipinski definition) is 1. The van der Waals surface area contributed by atoms with E-state index in [2.05, 4.69) is 27.1 Å². The smallest absolute Gasteiger partial charge is 0.158 e. The van der Waals surface area contributed by atoms with Crippen molar-refractivity contribution in [1.29, 1.82) is 5.26 Å². The van der Waals surface area contributed by atoms with Crippen molar-refractivity contribution < 1.29 is 0 Å². The van der Waals surface area contributed by atoms with Crippen LogP contribution in [0.25, 0.3) is 0 Å². The van der Waals surface area contributed by atoms with Crippen LogP contribution < -0.4 is 5.32 Å². The summed E-state index contributed by atoms with van der Waals surface area (Å²) in [6, 6.07) is 1.96. The molecule has 96 valence electrons. The fourth-order valence-corrected chi connectivity index (χ4v) is 2.10. The summed E-state index contributed by atoms with van der Waals surface area (Å²) in [5.74, 6) is 1.61. The molecule has 1 aliphatic rings. The SMILES string of the molecule is CC1CCN(CCNc2cnc(C#N)cn2)CC1. The average Bonchev–Trinajstić information content (AvgIpc) is 2.42. The Morgan fingerprint density at radius 2 is 2.17 bits per heavy atom. The zero-order valence-electron chi connectivity index (χ0n) is 10.8. The third-order valence-electron chi connectivity index (χ3n) is 3.38. The molecule has 0 saturated carbocycles. The molecule has 1 fully saturated rings. The maximum atomic E-state index is 8.62. The first kappa shape index (κ1) is 12.8. The van der Waals surface area contributed by atoms with Crippen molar-refractivity contribution in [1.82, 2.24) is 14.9 Å². The zero-order chi connectivity index (χ0) is 12.8. The fraction of sp³-hybridized carbons (Fsp3) is 0.615. The second kappa shape index (κ2) is 6.31. The predicted octanol–water partition coefficient (Wildman–Crippen LogP) is 1.49. The number of anilines is 1. The molecule has 1 aromatic rings. The first-order chi connectivity index (χ1) is 8.78. The minimum Gasteiger partial charge on any atom is -0.368 e. The number of aromatic nitrogens is 2. The van der Waals surface area contributed by atoms with Gasteiger partial charge in [0.25, 0.3) is 0 Å². The summed E-state index contributed by atoms with van der Waals surface area (Å²) in [6.07, 6.45) is 5.70. The van der Waals surface area contributed by atoms with Gasteiger partial charge in [0.1, 0.15) is 11.9 Å². The van der Waals surface area contributed by atoms with Crippen molar-refractivity contribution in [2.24, 2.45) is 5.92 Å². The third kappa shape index (κ3) is 3.67. The van der Waals surface area contributed by atoms with Crippen molar-refractivity contribution in [2.45, 2.75) is 19.8 Å². The Kier molecular flexibility index (Phi) is 4.48. The van der Waals surface area contributed by atoms with Crippen LogP contribution in [0.1, 0.15) is 25.5 Å². The first-order valence-corrected chi connectivity index (χ1v) is 6.46. The lowest BCUT2D eigenvalue weighted by Crippen LogP contribution is -2.36. The predicted molar refractivity (Wildman–Crippen MR) is 70.1 cm³/mol. The Bertz CT molecular complexity index is 400. The fourth-order valence-electron chi connectivity index (χ4n) is 2.10. The lowest BCUT2D eigenvalue weighted by atomic mass is 9.99. The van der Waals surface area contributed by atoms with Gasteiger partial charge in [-0.05, 0) is 31.8 Å². The number of rotatable bonds is 4. The molecule has 2 rings (SSSR count). The number of nitrogens with zero attached hydrogens (tertiary/aromatic N) is 4. The molecule has 5 nitrogen and oxygen atoms in total. The van der Waals surface area contributed by atoms with Gasteiger partial charge in [-0.1, -0.05) is 6.92 Å². The van der Waals surface area contributed by atoms with Crippen LogP contribution >= 0.6 is 0 Å². The number of hydrogen-bond acceptors (Lipinski definition) is 5. The molecule has 2 heterocycles. The van der Waals surface area contributed by atoms with Gasteiger partial charge in [0, 0.05) is 13.1 Å². The highest BCUT2D eigenvalue weighted by atomic mass is 15.1. The lowest BCUT2D eigenvalue weighted by Gasteiger charge is -2.30. The van der Waals surface area contributed by atoms with Crippen LogP contribution in [-0.4, -0.2) is 41.0 Å². The molecule has 0 aromatic carbocycles. The topological polar surface area (TPSA) is 64.8 Å². The van der Waals surface area contributed by atoms with E-state index in [0.29, 0.717) is 5.69 Å². The van der Waals surface area contributed by atoms with Crippen LogP contribution in [0.3, 0.4) is 0 Å². The summed E-state index contributed by atoms with van der Waals surface area (Å²) < 4.78 is 0. The molecule has 0 radical (unpaired) electrons. The molecule has 0 atom stereocenters. The van der Waals surface area contributed by atoms with Crippen molar-refractivity contribution in [3.05, 3.63) is 18.1 Å². The van der Waals surface area contributed by atoms with E-state index < -0.39 is 0 Å². The van der Waals surface area contributed by atoms with E-state index in [9.17, 15) is 0 Å². The van der Waals surface area contributed by atoms with Crippen LogP contribution in [-0.2, 0) is 0 Å². The summed E-state index contributed by atoms with van der Waals surface area (Å²) in [5, 5.41) is 11.8. The Balaban J connectivity index is 1.70. The van der Waals surface area contributed by atoms with Crippen LogP contribution in [0.2, 0.25) is 0 Å². The van der Waals surface area contributed by atoms with Gasteiger partial charge < -0.3 is 10.2 Å². The minimum absolute atomic E-state index is 0.352. The quantitative estimate of drug-likeness (QED) is 0.870. The van der Waals surface area contributed by atoms with E-state index in [-0.39, 0.29) is 0 Å². The van der Waals surface area contributed by atoms with Crippen molar-refractivity contribution >= 4 is 5.82 Å². The van der Waals surface area contributed by atoms with Crippen LogP contribution in [0.15, 0.2) is 12.4 Å². The normalized spacial score (nSPS) is 17.3. The number of nitrogens with one attached hydrogen (secondary N) is 1. The Hall–Kier alpha value is -1.67. The van der Waals surface area contributed by atoms with Gasteiger partial charge in [-0.15, -0.1) is 0 Å². The largest absolute Gasteiger partial charge is 0.368 e. The monoisotopic (exact) mass is 245 g/mol. The zero-order valence-corrected chi connectivity index (χ0v) is 10.8. The molecule has 1 N–H and O–H groups in total. The molecule has 0 aliphatic carbocycles. The molecule has 1 aromatic heterocycles. The number of piperidine rings is 1. The molecular formula is C13H19N5. The standard InChI is InChI=1S/C13H19N5/c1-11-2-5-18(6-3-11)7-4-15-13-10-16-12(8-14)9-17-13/h9-11H,2-7H2,1H3,(H,15,17). The molecule has 5 heteroatoms. The molecule has 1 aliphatic heterocycles. The second-order valence-electron chi connectivity index (χ2n) is 4.85. The lowest BCUT2D eigenvalue weighted by molar-refractivity contribution is 0.199. The average molecular weight is 245 g/mol. The molecular weight excluding hydrogens is 226 g/mol. The highest BCUT2D eigenvalue weighted by molar-refractivity contribution is 5.32. The van der Waals surface area contributed by atoms with Gasteiger partial charge in [0.05, 0.1) is 12.4 Å². The van der Waals surface area contributed by atoms with Gasteiger partial charge in [-0.2, -0.15) is 5.26 Å². The molecule has 18 heavy (non-hydrogen) atoms. The summed E-state index contributed by atoms with van der Waals surface area (Å²) in [6.45, 7) is 6.62. The highest BCUT2D eigenvalue weighted by Crippen LogP contribution is 2.15. The van der Waals surface area contributed by atoms with Gasteiger partial charge in [-0.3, -0.25) is 0 Å². The maximum absolute atomic E-state index is 8.62. The van der Waals surface area contributed by atoms with Crippen LogP contribution in [0.4, 0.5) is 5.82 Å². The van der Waals surface area contributed by atoms with Crippen LogP contribution in [0, 0.1) is 17.2 Å². The molecule has 0 spiro atoms. The summed E-state index contributed by atoms with van der Waals surface area (Å²) >= 11 is 0. The Morgan fingerprint density at radius 3 is 2.78 bits per heavy atom. The van der Waals surface area contributed by atoms with Gasteiger partial charge in [0.15, 0.2) is 5.69 Å². The van der Waals surface area contributed by atoms with E-state index in [1.165, 1.54) is 32.1 Å². The first-order valence-electron chi connectivity index (χ1n) is 6.46. The van der Waals surface area contributed by atoms with Gasteiger partial charge >= 0.3 is 0 Å². The Labute approximate surface area is 108 Å². The molecule has 0 amide bonds. The van der Waals surface area contributed by atoms with Crippen molar-refractivity contribution in [2.75, 3.05) is 31.5 Å². The van der Waals surface area contributed by atoms with Gasteiger partial charge in [0.2, 0.25) is 0 Å². The van der Waals surface area contributed by atoms with E-state index in [0.717, 1.165) is 24.8 Å². The van der Waals surface area contributed by atoms with Crippen molar-refractivity contribution in [3.63, 3.8) is 0 Å². The summed E-state index contributed by atoms with van der Waals surface area (Å²) in [5.41, 5.74) is 0.352. The molecule has 0 bridgehead atoms. The number of nitriles is 1. The van der Waals surface area contributed by atoms with Crippen molar-refractivity contribution in [3.8, 4) is 6.07 Å². The van der Waals surface area contributed by atoms with Crippen LogP contribution in [0.5, 0.6) is 0 Å². The molecule has 1 saturated heterocycles. The van der Waals surface area contributed by atoms with E-state index in [1.807, 2.05) is 6.07 Å². The molecule has 0 unspecified atom stereocenters. The highest BCUT2D eigenvalue weighted by Gasteiger charge is 2.14. The van der Waals surface area contributed by atoms with E-state index in [1.54, 1.807) is 6.20 Å². The minimum atomic E-state index is 0.352.